The molecular formula is C15H22INO. The van der Waals surface area contributed by atoms with Crippen LogP contribution in [0, 0.1) is 9.49 Å². The zero-order valence-electron chi connectivity index (χ0n) is 11.2. The predicted molar refractivity (Wildman–Crippen MR) is 84.8 cm³/mol. The second kappa shape index (κ2) is 8.51. The second-order valence-corrected chi connectivity index (χ2v) is 5.88. The van der Waals surface area contributed by atoms with Crippen LogP contribution < -0.4 is 5.32 Å². The van der Waals surface area contributed by atoms with E-state index in [1.165, 1.54) is 19.3 Å². The van der Waals surface area contributed by atoms with E-state index in [0.29, 0.717) is 5.92 Å². The molecule has 0 saturated carbocycles. The first-order valence-corrected chi connectivity index (χ1v) is 7.79. The molecule has 1 amide bonds. The van der Waals surface area contributed by atoms with Gasteiger partial charge in [0, 0.05) is 15.7 Å². The van der Waals surface area contributed by atoms with Crippen LogP contribution in [-0.4, -0.2) is 12.5 Å². The second-order valence-electron chi connectivity index (χ2n) is 4.63. The summed E-state index contributed by atoms with van der Waals surface area (Å²) in [6, 6.07) is 7.68. The smallest absolute Gasteiger partial charge is 0.251 e. The highest BCUT2D eigenvalue weighted by Crippen LogP contribution is 2.12. The number of nitrogens with one attached hydrogen (secondary N) is 1. The average molecular weight is 359 g/mol. The van der Waals surface area contributed by atoms with Gasteiger partial charge in [0.1, 0.15) is 0 Å². The van der Waals surface area contributed by atoms with E-state index in [4.69, 9.17) is 0 Å². The Kier molecular flexibility index (Phi) is 7.32. The van der Waals surface area contributed by atoms with Crippen LogP contribution in [0.15, 0.2) is 24.3 Å². The largest absolute Gasteiger partial charge is 0.352 e. The van der Waals surface area contributed by atoms with Crippen LogP contribution in [0.5, 0.6) is 0 Å². The Morgan fingerprint density at radius 1 is 1.28 bits per heavy atom. The van der Waals surface area contributed by atoms with E-state index in [0.717, 1.165) is 22.1 Å². The molecule has 0 spiro atoms. The third kappa shape index (κ3) is 5.38. The van der Waals surface area contributed by atoms with E-state index in [-0.39, 0.29) is 5.91 Å². The fraction of sp³-hybridized carbons (Fsp3) is 0.533. The van der Waals surface area contributed by atoms with Crippen LogP contribution in [0.1, 0.15) is 49.9 Å². The number of hydrogen-bond donors (Lipinski definition) is 1. The summed E-state index contributed by atoms with van der Waals surface area (Å²) >= 11 is 2.24. The Balaban J connectivity index is 2.42. The Morgan fingerprint density at radius 3 is 2.50 bits per heavy atom. The summed E-state index contributed by atoms with van der Waals surface area (Å²) in [6.07, 6.45) is 4.81. The van der Waals surface area contributed by atoms with Gasteiger partial charge in [0.2, 0.25) is 0 Å². The molecule has 1 aromatic carbocycles. The molecule has 100 valence electrons. The molecule has 0 radical (unpaired) electrons. The molecule has 0 saturated heterocycles. The van der Waals surface area contributed by atoms with Crippen molar-refractivity contribution in [2.75, 3.05) is 6.54 Å². The first-order chi connectivity index (χ1) is 8.67. The maximum Gasteiger partial charge on any atom is 0.251 e. The average Bonchev–Trinajstić information content (AvgIpc) is 2.39. The highest BCUT2D eigenvalue weighted by Gasteiger charge is 2.09. The Hall–Kier alpha value is -0.580. The lowest BCUT2D eigenvalue weighted by molar-refractivity contribution is 0.0946. The minimum atomic E-state index is 0.0429. The molecule has 3 heteroatoms. The number of benzene rings is 1. The maximum absolute atomic E-state index is 11.9. The van der Waals surface area contributed by atoms with Crippen molar-refractivity contribution >= 4 is 28.5 Å². The van der Waals surface area contributed by atoms with Gasteiger partial charge < -0.3 is 5.32 Å². The predicted octanol–water partition coefficient (Wildman–Crippen LogP) is 4.24. The lowest BCUT2D eigenvalue weighted by Gasteiger charge is -2.15. The molecule has 0 bridgehead atoms. The minimum Gasteiger partial charge on any atom is -0.352 e. The lowest BCUT2D eigenvalue weighted by Crippen LogP contribution is -2.29. The van der Waals surface area contributed by atoms with E-state index in [1.54, 1.807) is 0 Å². The Morgan fingerprint density at radius 2 is 1.94 bits per heavy atom. The van der Waals surface area contributed by atoms with Crippen molar-refractivity contribution < 1.29 is 4.79 Å². The van der Waals surface area contributed by atoms with Gasteiger partial charge in [0.15, 0.2) is 0 Å². The van der Waals surface area contributed by atoms with Crippen LogP contribution in [0.2, 0.25) is 0 Å². The van der Waals surface area contributed by atoms with Crippen molar-refractivity contribution in [1.82, 2.24) is 5.32 Å². The van der Waals surface area contributed by atoms with Crippen molar-refractivity contribution in [3.8, 4) is 0 Å². The quantitative estimate of drug-likeness (QED) is 0.725. The number of hydrogen-bond acceptors (Lipinski definition) is 1. The van der Waals surface area contributed by atoms with Gasteiger partial charge in [-0.05, 0) is 59.2 Å². The first kappa shape index (κ1) is 15.5. The number of amides is 1. The minimum absolute atomic E-state index is 0.0429. The van der Waals surface area contributed by atoms with Gasteiger partial charge in [-0.15, -0.1) is 0 Å². The third-order valence-corrected chi connectivity index (χ3v) is 3.92. The molecule has 0 aromatic heterocycles. The van der Waals surface area contributed by atoms with Crippen molar-refractivity contribution in [3.63, 3.8) is 0 Å². The molecule has 1 atom stereocenters. The SMILES string of the molecule is CCCC[C@@H](CC)CNC(=O)c1ccc(I)cc1. The van der Waals surface area contributed by atoms with Crippen LogP contribution in [0.4, 0.5) is 0 Å². The Labute approximate surface area is 124 Å². The maximum atomic E-state index is 11.9. The highest BCUT2D eigenvalue weighted by atomic mass is 127. The molecular weight excluding hydrogens is 337 g/mol. The molecule has 1 aromatic rings. The van der Waals surface area contributed by atoms with Crippen LogP contribution >= 0.6 is 22.6 Å². The summed E-state index contributed by atoms with van der Waals surface area (Å²) in [5, 5.41) is 3.04. The number of carbonyl (C=O) groups is 1. The van der Waals surface area contributed by atoms with Crippen molar-refractivity contribution in [2.45, 2.75) is 39.5 Å². The monoisotopic (exact) mass is 359 g/mol. The molecule has 1 N–H and O–H groups in total. The number of rotatable bonds is 7. The van der Waals surface area contributed by atoms with Gasteiger partial charge in [0.05, 0.1) is 0 Å². The third-order valence-electron chi connectivity index (χ3n) is 3.20. The molecule has 0 heterocycles. The number of halogens is 1. The standard InChI is InChI=1S/C15H22INO/c1-3-5-6-12(4-2)11-17-15(18)13-7-9-14(16)10-8-13/h7-10,12H,3-6,11H2,1-2H3,(H,17,18)/t12-/m1/s1. The normalized spacial score (nSPS) is 12.2. The lowest BCUT2D eigenvalue weighted by atomic mass is 9.99. The zero-order valence-corrected chi connectivity index (χ0v) is 13.4. The van der Waals surface area contributed by atoms with E-state index < -0.39 is 0 Å². The Bertz CT molecular complexity index is 361. The van der Waals surface area contributed by atoms with E-state index in [9.17, 15) is 4.79 Å². The van der Waals surface area contributed by atoms with Gasteiger partial charge >= 0.3 is 0 Å². The molecule has 0 aliphatic heterocycles. The molecule has 0 unspecified atom stereocenters. The highest BCUT2D eigenvalue weighted by molar-refractivity contribution is 14.1. The topological polar surface area (TPSA) is 29.1 Å². The molecule has 0 aliphatic rings. The summed E-state index contributed by atoms with van der Waals surface area (Å²) in [6.45, 7) is 5.19. The van der Waals surface area contributed by atoms with Crippen LogP contribution in [0.3, 0.4) is 0 Å². The summed E-state index contributed by atoms with van der Waals surface area (Å²) in [5.41, 5.74) is 0.751. The van der Waals surface area contributed by atoms with Crippen molar-refractivity contribution in [1.29, 1.82) is 0 Å². The van der Waals surface area contributed by atoms with Gasteiger partial charge in [-0.2, -0.15) is 0 Å². The summed E-state index contributed by atoms with van der Waals surface area (Å²) in [7, 11) is 0. The molecule has 0 aliphatic carbocycles. The molecule has 2 nitrogen and oxygen atoms in total. The molecule has 0 fully saturated rings. The van der Waals surface area contributed by atoms with E-state index in [2.05, 4.69) is 41.8 Å². The van der Waals surface area contributed by atoms with Crippen molar-refractivity contribution in [2.24, 2.45) is 5.92 Å². The van der Waals surface area contributed by atoms with E-state index in [1.807, 2.05) is 24.3 Å². The van der Waals surface area contributed by atoms with Gasteiger partial charge in [-0.1, -0.05) is 33.1 Å². The molecule has 1 rings (SSSR count). The summed E-state index contributed by atoms with van der Waals surface area (Å²) in [5.74, 6) is 0.652. The van der Waals surface area contributed by atoms with E-state index >= 15 is 0 Å². The van der Waals surface area contributed by atoms with Crippen LogP contribution in [-0.2, 0) is 0 Å². The fourth-order valence-electron chi connectivity index (χ4n) is 1.88. The molecule has 18 heavy (non-hydrogen) atoms. The van der Waals surface area contributed by atoms with Gasteiger partial charge in [-0.3, -0.25) is 4.79 Å². The summed E-state index contributed by atoms with van der Waals surface area (Å²) < 4.78 is 1.15. The number of carbonyl (C=O) groups excluding carboxylic acids is 1. The van der Waals surface area contributed by atoms with Crippen molar-refractivity contribution in [3.05, 3.63) is 33.4 Å². The first-order valence-electron chi connectivity index (χ1n) is 6.71. The zero-order chi connectivity index (χ0) is 13.4. The summed E-state index contributed by atoms with van der Waals surface area (Å²) in [4.78, 5) is 11.9. The fourth-order valence-corrected chi connectivity index (χ4v) is 2.24. The number of unbranched alkanes of at least 4 members (excludes halogenated alkanes) is 1. The van der Waals surface area contributed by atoms with Crippen LogP contribution in [0.25, 0.3) is 0 Å². The van der Waals surface area contributed by atoms with Gasteiger partial charge in [0.25, 0.3) is 5.91 Å². The van der Waals surface area contributed by atoms with Gasteiger partial charge in [-0.25, -0.2) is 0 Å².